The minimum Gasteiger partial charge on any atom is -0.338 e. The van der Waals surface area contributed by atoms with Gasteiger partial charge in [0.05, 0.1) is 11.6 Å². The van der Waals surface area contributed by atoms with E-state index in [9.17, 15) is 9.59 Å². The second-order valence-corrected chi connectivity index (χ2v) is 6.97. The summed E-state index contributed by atoms with van der Waals surface area (Å²) in [5, 5.41) is 2.15. The Labute approximate surface area is 147 Å². The van der Waals surface area contributed by atoms with Crippen LogP contribution in [0.2, 0.25) is 0 Å². The predicted octanol–water partition coefficient (Wildman–Crippen LogP) is 2.14. The van der Waals surface area contributed by atoms with Gasteiger partial charge in [-0.3, -0.25) is 9.59 Å². The van der Waals surface area contributed by atoms with E-state index in [1.807, 2.05) is 47.4 Å². The third kappa shape index (κ3) is 2.78. The van der Waals surface area contributed by atoms with Gasteiger partial charge >= 0.3 is 0 Å². The molecule has 2 fully saturated rings. The van der Waals surface area contributed by atoms with E-state index in [1.54, 1.807) is 4.90 Å². The predicted molar refractivity (Wildman–Crippen MR) is 98.2 cm³/mol. The van der Waals surface area contributed by atoms with Gasteiger partial charge in [-0.1, -0.05) is 36.4 Å². The van der Waals surface area contributed by atoms with E-state index < -0.39 is 0 Å². The smallest absolute Gasteiger partial charge is 0.228 e. The van der Waals surface area contributed by atoms with Gasteiger partial charge in [-0.2, -0.15) is 0 Å². The van der Waals surface area contributed by atoms with Crippen LogP contribution in [0.15, 0.2) is 42.5 Å². The van der Waals surface area contributed by atoms with Crippen LogP contribution in [-0.2, 0) is 9.59 Å². The molecule has 2 unspecified atom stereocenters. The van der Waals surface area contributed by atoms with Crippen molar-refractivity contribution < 1.29 is 9.59 Å². The molecule has 2 aromatic carbocycles. The van der Waals surface area contributed by atoms with Crippen LogP contribution in [0.1, 0.15) is 19.3 Å². The van der Waals surface area contributed by atoms with Gasteiger partial charge in [-0.15, -0.1) is 0 Å². The van der Waals surface area contributed by atoms with Crippen LogP contribution < -0.4 is 10.6 Å². The van der Waals surface area contributed by atoms with E-state index >= 15 is 0 Å². The summed E-state index contributed by atoms with van der Waals surface area (Å²) < 4.78 is 0. The fourth-order valence-corrected chi connectivity index (χ4v) is 4.15. The number of benzene rings is 2. The van der Waals surface area contributed by atoms with Crippen molar-refractivity contribution in [1.82, 2.24) is 4.90 Å². The molecular formula is C20H23N3O2. The number of nitrogens with zero attached hydrogens (tertiary/aromatic N) is 2. The summed E-state index contributed by atoms with van der Waals surface area (Å²) in [6.07, 6.45) is 2.26. The Kier molecular flexibility index (Phi) is 4.17. The monoisotopic (exact) mass is 337 g/mol. The first-order valence-electron chi connectivity index (χ1n) is 8.97. The first kappa shape index (κ1) is 16.1. The molecule has 5 heteroatoms. The molecule has 2 N–H and O–H groups in total. The molecule has 0 bridgehead atoms. The van der Waals surface area contributed by atoms with Gasteiger partial charge in [0.2, 0.25) is 11.8 Å². The molecule has 2 aromatic rings. The highest BCUT2D eigenvalue weighted by Gasteiger charge is 2.40. The molecule has 25 heavy (non-hydrogen) atoms. The molecular weight excluding hydrogens is 314 g/mol. The average Bonchev–Trinajstić information content (AvgIpc) is 3.27. The fourth-order valence-electron chi connectivity index (χ4n) is 4.15. The average molecular weight is 337 g/mol. The molecule has 130 valence electrons. The summed E-state index contributed by atoms with van der Waals surface area (Å²) in [4.78, 5) is 29.2. The molecule has 0 aliphatic carbocycles. The normalized spacial score (nSPS) is 23.6. The van der Waals surface area contributed by atoms with Gasteiger partial charge in [-0.25, -0.2) is 0 Å². The molecule has 4 rings (SSSR count). The van der Waals surface area contributed by atoms with Gasteiger partial charge in [0.15, 0.2) is 0 Å². The number of anilines is 1. The number of likely N-dealkylation sites (tertiary alicyclic amines) is 1. The zero-order valence-corrected chi connectivity index (χ0v) is 14.2. The van der Waals surface area contributed by atoms with Crippen LogP contribution in [0.5, 0.6) is 0 Å². The lowest BCUT2D eigenvalue weighted by Crippen LogP contribution is -2.43. The van der Waals surface area contributed by atoms with Crippen molar-refractivity contribution in [2.45, 2.75) is 25.3 Å². The fraction of sp³-hybridized carbons (Fsp3) is 0.400. The number of hydrogen-bond donors (Lipinski definition) is 1. The Morgan fingerprint density at radius 1 is 1.16 bits per heavy atom. The minimum absolute atomic E-state index is 0.0261. The Morgan fingerprint density at radius 2 is 1.96 bits per heavy atom. The van der Waals surface area contributed by atoms with E-state index in [4.69, 9.17) is 5.73 Å². The lowest BCUT2D eigenvalue weighted by atomic mass is 10.1. The molecule has 0 spiro atoms. The molecule has 2 amide bonds. The van der Waals surface area contributed by atoms with Crippen LogP contribution in [-0.4, -0.2) is 42.4 Å². The Hall–Kier alpha value is -2.40. The number of carbonyl (C=O) groups is 2. The second-order valence-electron chi connectivity index (χ2n) is 6.97. The van der Waals surface area contributed by atoms with Crippen molar-refractivity contribution in [2.75, 3.05) is 24.5 Å². The standard InChI is InChI=1S/C20H23N3O2/c21-12-16-7-4-10-22(16)20(25)15-11-19(24)23(13-15)18-9-3-6-14-5-1-2-8-17(14)18/h1-3,5-6,8-9,15-16H,4,7,10-13,21H2. The summed E-state index contributed by atoms with van der Waals surface area (Å²) >= 11 is 0. The van der Waals surface area contributed by atoms with Crippen LogP contribution in [0.25, 0.3) is 10.8 Å². The number of hydrogen-bond acceptors (Lipinski definition) is 3. The molecule has 2 saturated heterocycles. The third-order valence-electron chi connectivity index (χ3n) is 5.46. The van der Waals surface area contributed by atoms with Crippen molar-refractivity contribution in [3.8, 4) is 0 Å². The molecule has 2 atom stereocenters. The van der Waals surface area contributed by atoms with Gasteiger partial charge in [0, 0.05) is 37.5 Å². The summed E-state index contributed by atoms with van der Waals surface area (Å²) in [7, 11) is 0. The van der Waals surface area contributed by atoms with Gasteiger partial charge in [0.25, 0.3) is 0 Å². The van der Waals surface area contributed by atoms with E-state index in [2.05, 4.69) is 0 Å². The Morgan fingerprint density at radius 3 is 2.80 bits per heavy atom. The number of carbonyl (C=O) groups excluding carboxylic acids is 2. The number of amides is 2. The second kappa shape index (κ2) is 6.48. The maximum atomic E-state index is 12.9. The highest BCUT2D eigenvalue weighted by molar-refractivity contribution is 6.07. The SMILES string of the molecule is NCC1CCCN1C(=O)C1CC(=O)N(c2cccc3ccccc23)C1. The molecule has 0 saturated carbocycles. The van der Waals surface area contributed by atoms with Crippen LogP contribution in [0, 0.1) is 5.92 Å². The quantitative estimate of drug-likeness (QED) is 0.933. The number of nitrogens with two attached hydrogens (primary N) is 1. The van der Waals surface area contributed by atoms with Gasteiger partial charge < -0.3 is 15.5 Å². The lowest BCUT2D eigenvalue weighted by molar-refractivity contribution is -0.136. The maximum Gasteiger partial charge on any atom is 0.228 e. The van der Waals surface area contributed by atoms with Crippen molar-refractivity contribution in [3.05, 3.63) is 42.5 Å². The minimum atomic E-state index is -0.265. The van der Waals surface area contributed by atoms with Gasteiger partial charge in [0.1, 0.15) is 0 Å². The molecule has 2 heterocycles. The molecule has 0 aromatic heterocycles. The van der Waals surface area contributed by atoms with Crippen LogP contribution in [0.3, 0.4) is 0 Å². The van der Waals surface area contributed by atoms with Crippen molar-refractivity contribution in [1.29, 1.82) is 0 Å². The summed E-state index contributed by atoms with van der Waals surface area (Å²) in [6.45, 7) is 1.72. The van der Waals surface area contributed by atoms with E-state index in [0.717, 1.165) is 35.8 Å². The topological polar surface area (TPSA) is 66.6 Å². The molecule has 2 aliphatic rings. The van der Waals surface area contributed by atoms with Crippen molar-refractivity contribution in [2.24, 2.45) is 11.7 Å². The Balaban J connectivity index is 1.59. The highest BCUT2D eigenvalue weighted by atomic mass is 16.2. The lowest BCUT2D eigenvalue weighted by Gasteiger charge is -2.26. The zero-order valence-electron chi connectivity index (χ0n) is 14.2. The zero-order chi connectivity index (χ0) is 17.4. The molecule has 2 aliphatic heterocycles. The van der Waals surface area contributed by atoms with Crippen molar-refractivity contribution >= 4 is 28.3 Å². The first-order valence-corrected chi connectivity index (χ1v) is 8.97. The van der Waals surface area contributed by atoms with E-state index in [0.29, 0.717) is 13.1 Å². The maximum absolute atomic E-state index is 12.9. The highest BCUT2D eigenvalue weighted by Crippen LogP contribution is 2.33. The summed E-state index contributed by atoms with van der Waals surface area (Å²) in [5.41, 5.74) is 6.70. The van der Waals surface area contributed by atoms with E-state index in [1.165, 1.54) is 0 Å². The molecule has 5 nitrogen and oxygen atoms in total. The van der Waals surface area contributed by atoms with E-state index in [-0.39, 0.29) is 30.2 Å². The number of rotatable bonds is 3. The largest absolute Gasteiger partial charge is 0.338 e. The summed E-state index contributed by atoms with van der Waals surface area (Å²) in [6, 6.07) is 14.1. The van der Waals surface area contributed by atoms with Crippen LogP contribution in [0.4, 0.5) is 5.69 Å². The number of fused-ring (bicyclic) bond motifs is 1. The first-order chi connectivity index (χ1) is 12.2. The van der Waals surface area contributed by atoms with Crippen molar-refractivity contribution in [3.63, 3.8) is 0 Å². The van der Waals surface area contributed by atoms with Crippen LogP contribution >= 0.6 is 0 Å². The Bertz CT molecular complexity index is 814. The summed E-state index contributed by atoms with van der Waals surface area (Å²) in [5.74, 6) is -0.152. The van der Waals surface area contributed by atoms with Gasteiger partial charge in [-0.05, 0) is 24.3 Å². The molecule has 0 radical (unpaired) electrons. The third-order valence-corrected chi connectivity index (χ3v) is 5.46.